The number of carboxylic acid groups (broad SMARTS) is 1. The summed E-state index contributed by atoms with van der Waals surface area (Å²) in [4.78, 5) is 25.7. The fourth-order valence-electron chi connectivity index (χ4n) is 3.33. The zero-order valence-corrected chi connectivity index (χ0v) is 11.6. The van der Waals surface area contributed by atoms with Crippen molar-refractivity contribution in [2.24, 2.45) is 11.8 Å². The number of carboxylic acids is 1. The topological polar surface area (TPSA) is 69.6 Å². The first-order valence-electron chi connectivity index (χ1n) is 7.29. The first kappa shape index (κ1) is 14.3. The molecule has 1 amide bonds. The summed E-state index contributed by atoms with van der Waals surface area (Å²) in [6, 6.07) is 0.183. The Hall–Kier alpha value is -1.10. The lowest BCUT2D eigenvalue weighted by Crippen LogP contribution is -2.50. The van der Waals surface area contributed by atoms with Crippen molar-refractivity contribution in [3.05, 3.63) is 0 Å². The molecule has 19 heavy (non-hydrogen) atoms. The van der Waals surface area contributed by atoms with Gasteiger partial charge in [0.1, 0.15) is 0 Å². The summed E-state index contributed by atoms with van der Waals surface area (Å²) in [7, 11) is 2.05. The van der Waals surface area contributed by atoms with E-state index >= 15 is 0 Å². The van der Waals surface area contributed by atoms with Crippen LogP contribution < -0.4 is 5.32 Å². The number of nitrogens with zero attached hydrogens (tertiary/aromatic N) is 1. The van der Waals surface area contributed by atoms with Gasteiger partial charge in [0.15, 0.2) is 0 Å². The molecule has 108 valence electrons. The van der Waals surface area contributed by atoms with E-state index in [1.54, 1.807) is 0 Å². The van der Waals surface area contributed by atoms with E-state index in [9.17, 15) is 14.7 Å². The second-order valence-corrected chi connectivity index (χ2v) is 5.95. The molecule has 0 bridgehead atoms. The van der Waals surface area contributed by atoms with E-state index in [0.717, 1.165) is 38.8 Å². The van der Waals surface area contributed by atoms with E-state index in [1.165, 1.54) is 0 Å². The van der Waals surface area contributed by atoms with Crippen molar-refractivity contribution >= 4 is 11.9 Å². The minimum Gasteiger partial charge on any atom is -0.481 e. The third-order valence-electron chi connectivity index (χ3n) is 4.39. The summed E-state index contributed by atoms with van der Waals surface area (Å²) < 4.78 is 0. The number of hydrogen-bond acceptors (Lipinski definition) is 3. The van der Waals surface area contributed by atoms with E-state index in [1.807, 2.05) is 0 Å². The SMILES string of the molecule is CN1CCCC(NC(=O)[C@@H]2CCCC[C@@H]2C(=O)O)C1. The molecule has 0 aromatic carbocycles. The first-order valence-corrected chi connectivity index (χ1v) is 7.29. The molecule has 1 saturated carbocycles. The Morgan fingerprint density at radius 1 is 1.11 bits per heavy atom. The Morgan fingerprint density at radius 2 is 1.79 bits per heavy atom. The van der Waals surface area contributed by atoms with Crippen LogP contribution in [0, 0.1) is 11.8 Å². The first-order chi connectivity index (χ1) is 9.08. The Labute approximate surface area is 114 Å². The van der Waals surface area contributed by atoms with E-state index in [4.69, 9.17) is 0 Å². The van der Waals surface area contributed by atoms with Gasteiger partial charge in [-0.05, 0) is 39.3 Å². The lowest BCUT2D eigenvalue weighted by atomic mass is 9.78. The molecule has 2 N–H and O–H groups in total. The smallest absolute Gasteiger partial charge is 0.307 e. The number of hydrogen-bond donors (Lipinski definition) is 2. The number of likely N-dealkylation sites (N-methyl/N-ethyl adjacent to an activating group) is 1. The van der Waals surface area contributed by atoms with Gasteiger partial charge in [-0.2, -0.15) is 0 Å². The Bertz CT molecular complexity index is 346. The van der Waals surface area contributed by atoms with Gasteiger partial charge in [0, 0.05) is 12.6 Å². The molecule has 5 heteroatoms. The lowest BCUT2D eigenvalue weighted by molar-refractivity contribution is -0.149. The number of aliphatic carboxylic acids is 1. The molecule has 1 aliphatic carbocycles. The molecule has 1 aliphatic heterocycles. The molecule has 1 unspecified atom stereocenters. The van der Waals surface area contributed by atoms with Crippen LogP contribution in [0.5, 0.6) is 0 Å². The van der Waals surface area contributed by atoms with Gasteiger partial charge in [0.05, 0.1) is 11.8 Å². The number of carbonyl (C=O) groups excluding carboxylic acids is 1. The molecule has 2 rings (SSSR count). The maximum absolute atomic E-state index is 12.3. The highest BCUT2D eigenvalue weighted by Gasteiger charge is 2.36. The fourth-order valence-corrected chi connectivity index (χ4v) is 3.33. The predicted octanol–water partition coefficient (Wildman–Crippen LogP) is 1.09. The highest BCUT2D eigenvalue weighted by molar-refractivity contribution is 5.85. The van der Waals surface area contributed by atoms with Gasteiger partial charge >= 0.3 is 5.97 Å². The molecule has 0 radical (unpaired) electrons. The van der Waals surface area contributed by atoms with Gasteiger partial charge in [-0.3, -0.25) is 9.59 Å². The van der Waals surface area contributed by atoms with E-state index < -0.39 is 11.9 Å². The van der Waals surface area contributed by atoms with Crippen LogP contribution in [0.2, 0.25) is 0 Å². The zero-order valence-electron chi connectivity index (χ0n) is 11.6. The Kier molecular flexibility index (Phi) is 4.80. The standard InChI is InChI=1S/C14H24N2O3/c1-16-8-4-5-10(9-16)15-13(17)11-6-2-3-7-12(11)14(18)19/h10-12H,2-9H2,1H3,(H,15,17)(H,18,19)/t10?,11-,12+/m1/s1. The second-order valence-electron chi connectivity index (χ2n) is 5.95. The van der Waals surface area contributed by atoms with Crippen molar-refractivity contribution in [1.82, 2.24) is 10.2 Å². The van der Waals surface area contributed by atoms with Crippen LogP contribution in [0.25, 0.3) is 0 Å². The third-order valence-corrected chi connectivity index (χ3v) is 4.39. The highest BCUT2D eigenvalue weighted by Crippen LogP contribution is 2.30. The summed E-state index contributed by atoms with van der Waals surface area (Å²) in [5, 5.41) is 12.3. The van der Waals surface area contributed by atoms with Crippen molar-refractivity contribution in [3.8, 4) is 0 Å². The summed E-state index contributed by atoms with van der Waals surface area (Å²) in [5.74, 6) is -1.69. The lowest BCUT2D eigenvalue weighted by Gasteiger charge is -2.33. The van der Waals surface area contributed by atoms with Gasteiger partial charge in [0.25, 0.3) is 0 Å². The van der Waals surface area contributed by atoms with Crippen LogP contribution in [0.1, 0.15) is 38.5 Å². The summed E-state index contributed by atoms with van der Waals surface area (Å²) in [5.41, 5.74) is 0. The molecule has 0 aromatic rings. The quantitative estimate of drug-likeness (QED) is 0.804. The Morgan fingerprint density at radius 3 is 2.42 bits per heavy atom. The summed E-state index contributed by atoms with van der Waals surface area (Å²) in [6.45, 7) is 1.95. The monoisotopic (exact) mass is 268 g/mol. The number of rotatable bonds is 3. The average Bonchev–Trinajstić information content (AvgIpc) is 2.38. The van der Waals surface area contributed by atoms with Crippen LogP contribution in [0.4, 0.5) is 0 Å². The zero-order chi connectivity index (χ0) is 13.8. The van der Waals surface area contributed by atoms with E-state index in [-0.39, 0.29) is 17.9 Å². The minimum atomic E-state index is -0.819. The molecular weight excluding hydrogens is 244 g/mol. The van der Waals surface area contributed by atoms with Crippen LogP contribution in [-0.2, 0) is 9.59 Å². The van der Waals surface area contributed by atoms with Crippen LogP contribution in [0.15, 0.2) is 0 Å². The normalized spacial score (nSPS) is 32.8. The maximum atomic E-state index is 12.3. The van der Waals surface area contributed by atoms with Gasteiger partial charge in [-0.15, -0.1) is 0 Å². The molecule has 2 aliphatic rings. The minimum absolute atomic E-state index is 0.0487. The fraction of sp³-hybridized carbons (Fsp3) is 0.857. The van der Waals surface area contributed by atoms with E-state index in [0.29, 0.717) is 12.8 Å². The number of piperidine rings is 1. The molecule has 0 spiro atoms. The second kappa shape index (κ2) is 6.37. The molecular formula is C14H24N2O3. The predicted molar refractivity (Wildman–Crippen MR) is 71.7 cm³/mol. The van der Waals surface area contributed by atoms with Gasteiger partial charge in [0.2, 0.25) is 5.91 Å². The van der Waals surface area contributed by atoms with Crippen LogP contribution in [-0.4, -0.2) is 48.1 Å². The van der Waals surface area contributed by atoms with Crippen molar-refractivity contribution in [1.29, 1.82) is 0 Å². The maximum Gasteiger partial charge on any atom is 0.307 e. The molecule has 0 aromatic heterocycles. The van der Waals surface area contributed by atoms with Gasteiger partial charge < -0.3 is 15.3 Å². The largest absolute Gasteiger partial charge is 0.481 e. The number of likely N-dealkylation sites (tertiary alicyclic amines) is 1. The van der Waals surface area contributed by atoms with Crippen molar-refractivity contribution in [3.63, 3.8) is 0 Å². The van der Waals surface area contributed by atoms with Crippen LogP contribution >= 0.6 is 0 Å². The molecule has 1 saturated heterocycles. The van der Waals surface area contributed by atoms with Crippen LogP contribution in [0.3, 0.4) is 0 Å². The molecule has 5 nitrogen and oxygen atoms in total. The summed E-state index contributed by atoms with van der Waals surface area (Å²) in [6.07, 6.45) is 5.33. The number of carbonyl (C=O) groups is 2. The van der Waals surface area contributed by atoms with E-state index in [2.05, 4.69) is 17.3 Å². The van der Waals surface area contributed by atoms with Gasteiger partial charge in [-0.1, -0.05) is 12.8 Å². The highest BCUT2D eigenvalue weighted by atomic mass is 16.4. The third kappa shape index (κ3) is 3.69. The van der Waals surface area contributed by atoms with Gasteiger partial charge in [-0.25, -0.2) is 0 Å². The van der Waals surface area contributed by atoms with Crippen molar-refractivity contribution in [2.45, 2.75) is 44.6 Å². The van der Waals surface area contributed by atoms with Crippen molar-refractivity contribution < 1.29 is 14.7 Å². The number of amides is 1. The van der Waals surface area contributed by atoms with Crippen molar-refractivity contribution in [2.75, 3.05) is 20.1 Å². The molecule has 2 fully saturated rings. The number of nitrogens with one attached hydrogen (secondary N) is 1. The molecule has 1 heterocycles. The molecule has 3 atom stereocenters. The summed E-state index contributed by atoms with van der Waals surface area (Å²) >= 11 is 0. The Balaban J connectivity index is 1.92. The average molecular weight is 268 g/mol.